The van der Waals surface area contributed by atoms with Crippen molar-refractivity contribution in [3.05, 3.63) is 54.0 Å². The first-order valence-electron chi connectivity index (χ1n) is 7.72. The van der Waals surface area contributed by atoms with E-state index in [9.17, 15) is 9.18 Å². The van der Waals surface area contributed by atoms with Crippen LogP contribution in [0.5, 0.6) is 11.6 Å². The number of hydrogen-bond donors (Lipinski definition) is 1. The molecular formula is C18H21FN2O3. The SMILES string of the molecule is CCOc1ncccc1CNC(=O)C(C)(C)Oc1ccc(F)cc1. The fourth-order valence-electron chi connectivity index (χ4n) is 2.06. The van der Waals surface area contributed by atoms with Gasteiger partial charge in [-0.3, -0.25) is 4.79 Å². The first kappa shape index (κ1) is 17.7. The maximum Gasteiger partial charge on any atom is 0.263 e. The predicted molar refractivity (Wildman–Crippen MR) is 88.4 cm³/mol. The highest BCUT2D eigenvalue weighted by Crippen LogP contribution is 2.20. The summed E-state index contributed by atoms with van der Waals surface area (Å²) in [6.07, 6.45) is 1.64. The number of carbonyl (C=O) groups excluding carboxylic acids is 1. The number of rotatable bonds is 7. The second-order valence-corrected chi connectivity index (χ2v) is 5.65. The van der Waals surface area contributed by atoms with Crippen LogP contribution < -0.4 is 14.8 Å². The molecule has 0 saturated carbocycles. The second kappa shape index (κ2) is 7.77. The second-order valence-electron chi connectivity index (χ2n) is 5.65. The van der Waals surface area contributed by atoms with Crippen LogP contribution >= 0.6 is 0 Å². The van der Waals surface area contributed by atoms with Crippen molar-refractivity contribution in [2.75, 3.05) is 6.61 Å². The van der Waals surface area contributed by atoms with Gasteiger partial charge in [-0.15, -0.1) is 0 Å². The normalized spacial score (nSPS) is 11.0. The lowest BCUT2D eigenvalue weighted by molar-refractivity contribution is -0.134. The highest BCUT2D eigenvalue weighted by atomic mass is 19.1. The van der Waals surface area contributed by atoms with Crippen molar-refractivity contribution in [3.8, 4) is 11.6 Å². The standard InChI is InChI=1S/C18H21FN2O3/c1-4-23-16-13(6-5-11-20-16)12-21-17(22)18(2,3)24-15-9-7-14(19)8-10-15/h5-11H,4,12H2,1-3H3,(H,21,22). The molecule has 1 heterocycles. The zero-order chi connectivity index (χ0) is 17.6. The molecule has 0 radical (unpaired) electrons. The zero-order valence-corrected chi connectivity index (χ0v) is 14.0. The highest BCUT2D eigenvalue weighted by Gasteiger charge is 2.30. The molecule has 2 rings (SSSR count). The largest absolute Gasteiger partial charge is 0.478 e. The van der Waals surface area contributed by atoms with Crippen molar-refractivity contribution >= 4 is 5.91 Å². The molecule has 2 aromatic rings. The molecule has 0 spiro atoms. The van der Waals surface area contributed by atoms with Crippen molar-refractivity contribution in [1.82, 2.24) is 10.3 Å². The molecule has 0 atom stereocenters. The van der Waals surface area contributed by atoms with Crippen molar-refractivity contribution in [3.63, 3.8) is 0 Å². The van der Waals surface area contributed by atoms with Gasteiger partial charge in [0, 0.05) is 18.3 Å². The van der Waals surface area contributed by atoms with E-state index < -0.39 is 5.60 Å². The first-order valence-corrected chi connectivity index (χ1v) is 7.72. The van der Waals surface area contributed by atoms with Gasteiger partial charge in [-0.1, -0.05) is 6.07 Å². The van der Waals surface area contributed by atoms with Gasteiger partial charge in [0.25, 0.3) is 5.91 Å². The summed E-state index contributed by atoms with van der Waals surface area (Å²) in [5.74, 6) is 0.272. The quantitative estimate of drug-likeness (QED) is 0.846. The summed E-state index contributed by atoms with van der Waals surface area (Å²) in [6, 6.07) is 9.16. The summed E-state index contributed by atoms with van der Waals surface area (Å²) in [4.78, 5) is 16.6. The zero-order valence-electron chi connectivity index (χ0n) is 14.0. The van der Waals surface area contributed by atoms with Crippen LogP contribution in [-0.2, 0) is 11.3 Å². The number of aromatic nitrogens is 1. The number of benzene rings is 1. The van der Waals surface area contributed by atoms with Crippen LogP contribution in [-0.4, -0.2) is 23.1 Å². The lowest BCUT2D eigenvalue weighted by Gasteiger charge is -2.25. The molecule has 0 bridgehead atoms. The van der Waals surface area contributed by atoms with E-state index in [4.69, 9.17) is 9.47 Å². The molecule has 6 heteroatoms. The molecule has 0 aliphatic rings. The van der Waals surface area contributed by atoms with Crippen molar-refractivity contribution in [2.45, 2.75) is 32.9 Å². The summed E-state index contributed by atoms with van der Waals surface area (Å²) >= 11 is 0. The van der Waals surface area contributed by atoms with E-state index in [1.54, 1.807) is 26.1 Å². The van der Waals surface area contributed by atoms with E-state index in [0.717, 1.165) is 5.56 Å². The summed E-state index contributed by atoms with van der Waals surface area (Å²) in [5.41, 5.74) is -0.323. The van der Waals surface area contributed by atoms with Gasteiger partial charge in [-0.2, -0.15) is 0 Å². The Morgan fingerprint density at radius 3 is 2.62 bits per heavy atom. The summed E-state index contributed by atoms with van der Waals surface area (Å²) in [5, 5.41) is 2.81. The number of halogens is 1. The number of hydrogen-bond acceptors (Lipinski definition) is 4. The van der Waals surface area contributed by atoms with E-state index >= 15 is 0 Å². The Balaban J connectivity index is 1.99. The van der Waals surface area contributed by atoms with Gasteiger partial charge < -0.3 is 14.8 Å². The maximum atomic E-state index is 12.9. The lowest BCUT2D eigenvalue weighted by atomic mass is 10.1. The third kappa shape index (κ3) is 4.68. The van der Waals surface area contributed by atoms with Gasteiger partial charge in [0.2, 0.25) is 5.88 Å². The van der Waals surface area contributed by atoms with Gasteiger partial charge in [0.15, 0.2) is 5.60 Å². The van der Waals surface area contributed by atoms with Crippen molar-refractivity contribution in [1.29, 1.82) is 0 Å². The van der Waals surface area contributed by atoms with Gasteiger partial charge in [-0.25, -0.2) is 9.37 Å². The molecule has 0 unspecified atom stereocenters. The van der Waals surface area contributed by atoms with E-state index in [2.05, 4.69) is 10.3 Å². The summed E-state index contributed by atoms with van der Waals surface area (Å²) in [7, 11) is 0. The van der Waals surface area contributed by atoms with E-state index in [0.29, 0.717) is 18.2 Å². The Morgan fingerprint density at radius 1 is 1.25 bits per heavy atom. The van der Waals surface area contributed by atoms with Gasteiger partial charge in [0.1, 0.15) is 11.6 Å². The van der Waals surface area contributed by atoms with Crippen LogP contribution in [0.1, 0.15) is 26.3 Å². The topological polar surface area (TPSA) is 60.5 Å². The molecule has 0 aliphatic heterocycles. The molecule has 5 nitrogen and oxygen atoms in total. The molecule has 1 amide bonds. The van der Waals surface area contributed by atoms with E-state index in [1.165, 1.54) is 24.3 Å². The van der Waals surface area contributed by atoms with Gasteiger partial charge in [0.05, 0.1) is 6.61 Å². The number of carbonyl (C=O) groups is 1. The Labute approximate surface area is 140 Å². The van der Waals surface area contributed by atoms with Crippen molar-refractivity contribution in [2.24, 2.45) is 0 Å². The van der Waals surface area contributed by atoms with Crippen LogP contribution in [0.4, 0.5) is 4.39 Å². The molecule has 0 aliphatic carbocycles. The molecule has 0 fully saturated rings. The molecule has 0 saturated heterocycles. The van der Waals surface area contributed by atoms with Crippen LogP contribution in [0.2, 0.25) is 0 Å². The maximum absolute atomic E-state index is 12.9. The van der Waals surface area contributed by atoms with Gasteiger partial charge in [-0.05, 0) is 51.1 Å². The molecule has 1 aromatic carbocycles. The van der Waals surface area contributed by atoms with E-state index in [1.807, 2.05) is 13.0 Å². The Bertz CT molecular complexity index is 687. The first-order chi connectivity index (χ1) is 11.4. The number of nitrogens with one attached hydrogen (secondary N) is 1. The molecule has 1 aromatic heterocycles. The minimum absolute atomic E-state index is 0.276. The van der Waals surface area contributed by atoms with Crippen LogP contribution in [0.3, 0.4) is 0 Å². The predicted octanol–water partition coefficient (Wildman–Crippen LogP) is 3.09. The van der Waals surface area contributed by atoms with Crippen LogP contribution in [0.15, 0.2) is 42.6 Å². The highest BCUT2D eigenvalue weighted by molar-refractivity contribution is 5.84. The number of amides is 1. The molecule has 24 heavy (non-hydrogen) atoms. The average molecular weight is 332 g/mol. The fourth-order valence-corrected chi connectivity index (χ4v) is 2.06. The van der Waals surface area contributed by atoms with Crippen molar-refractivity contribution < 1.29 is 18.7 Å². The number of ether oxygens (including phenoxy) is 2. The monoisotopic (exact) mass is 332 g/mol. The minimum Gasteiger partial charge on any atom is -0.478 e. The van der Waals surface area contributed by atoms with Gasteiger partial charge >= 0.3 is 0 Å². The minimum atomic E-state index is -1.11. The third-order valence-electron chi connectivity index (χ3n) is 3.30. The number of nitrogens with zero attached hydrogens (tertiary/aromatic N) is 1. The van der Waals surface area contributed by atoms with E-state index in [-0.39, 0.29) is 18.3 Å². The van der Waals surface area contributed by atoms with Crippen LogP contribution in [0.25, 0.3) is 0 Å². The fraction of sp³-hybridized carbons (Fsp3) is 0.333. The lowest BCUT2D eigenvalue weighted by Crippen LogP contribution is -2.46. The average Bonchev–Trinajstić information content (AvgIpc) is 2.56. The Hall–Kier alpha value is -2.63. The third-order valence-corrected chi connectivity index (χ3v) is 3.30. The Kier molecular flexibility index (Phi) is 5.73. The molecule has 1 N–H and O–H groups in total. The number of pyridine rings is 1. The summed E-state index contributed by atoms with van der Waals surface area (Å²) in [6.45, 7) is 5.95. The summed E-state index contributed by atoms with van der Waals surface area (Å²) < 4.78 is 24.0. The molecular weight excluding hydrogens is 311 g/mol. The Morgan fingerprint density at radius 2 is 1.96 bits per heavy atom. The smallest absolute Gasteiger partial charge is 0.263 e. The van der Waals surface area contributed by atoms with Crippen LogP contribution in [0, 0.1) is 5.82 Å². The molecule has 128 valence electrons.